The topological polar surface area (TPSA) is 111 Å². The first-order valence-corrected chi connectivity index (χ1v) is 9.04. The van der Waals surface area contributed by atoms with Gasteiger partial charge in [0, 0.05) is 24.2 Å². The number of benzene rings is 3. The summed E-state index contributed by atoms with van der Waals surface area (Å²) in [6.07, 6.45) is 0. The zero-order chi connectivity index (χ0) is 21.5. The van der Waals surface area contributed by atoms with Gasteiger partial charge in [0.25, 0.3) is 17.5 Å². The smallest absolute Gasteiger partial charge is 0.269 e. The van der Waals surface area contributed by atoms with Crippen molar-refractivity contribution in [1.82, 2.24) is 5.32 Å². The molecule has 3 aromatic carbocycles. The quantitative estimate of drug-likeness (QED) is 0.459. The molecule has 0 aliphatic carbocycles. The molecule has 0 atom stereocenters. The molecule has 3 rings (SSSR count). The first-order chi connectivity index (χ1) is 14.5. The van der Waals surface area contributed by atoms with Crippen LogP contribution in [0.2, 0.25) is 0 Å². The van der Waals surface area contributed by atoms with Gasteiger partial charge in [-0.15, -0.1) is 0 Å². The number of carbonyl (C=O) groups excluding carboxylic acids is 2. The second-order valence-corrected chi connectivity index (χ2v) is 6.34. The molecule has 0 fully saturated rings. The van der Waals surface area contributed by atoms with Crippen molar-refractivity contribution in [3.8, 4) is 5.75 Å². The molecule has 0 saturated carbocycles. The summed E-state index contributed by atoms with van der Waals surface area (Å²) in [7, 11) is 1.57. The number of anilines is 1. The number of nitrogens with one attached hydrogen (secondary N) is 2. The van der Waals surface area contributed by atoms with Gasteiger partial charge in [0.1, 0.15) is 5.75 Å². The van der Waals surface area contributed by atoms with Crippen LogP contribution in [0.5, 0.6) is 5.75 Å². The van der Waals surface area contributed by atoms with Gasteiger partial charge in [-0.25, -0.2) is 0 Å². The number of para-hydroxylation sites is 1. The number of carbonyl (C=O) groups is 2. The lowest BCUT2D eigenvalue weighted by Gasteiger charge is -2.12. The number of nitro benzene ring substituents is 1. The highest BCUT2D eigenvalue weighted by Gasteiger charge is 2.15. The summed E-state index contributed by atoms with van der Waals surface area (Å²) in [5.74, 6) is -0.132. The summed E-state index contributed by atoms with van der Waals surface area (Å²) < 4.78 is 5.17. The van der Waals surface area contributed by atoms with Crippen molar-refractivity contribution in [3.63, 3.8) is 0 Å². The van der Waals surface area contributed by atoms with E-state index in [2.05, 4.69) is 10.6 Å². The number of hydrogen-bond donors (Lipinski definition) is 2. The predicted octanol–water partition coefficient (Wildman–Crippen LogP) is 3.79. The summed E-state index contributed by atoms with van der Waals surface area (Å²) >= 11 is 0. The fourth-order valence-electron chi connectivity index (χ4n) is 2.78. The second kappa shape index (κ2) is 9.33. The first kappa shape index (κ1) is 20.5. The van der Waals surface area contributed by atoms with Crippen molar-refractivity contribution in [3.05, 3.63) is 99.6 Å². The normalized spacial score (nSPS) is 10.2. The molecule has 0 aromatic heterocycles. The fourth-order valence-corrected chi connectivity index (χ4v) is 2.78. The molecule has 8 nitrogen and oxygen atoms in total. The predicted molar refractivity (Wildman–Crippen MR) is 112 cm³/mol. The maximum atomic E-state index is 12.7. The number of non-ortho nitro benzene ring substituents is 1. The Morgan fingerprint density at radius 2 is 1.70 bits per heavy atom. The number of ether oxygens (including phenoxy) is 1. The third kappa shape index (κ3) is 4.99. The Labute approximate surface area is 172 Å². The van der Waals surface area contributed by atoms with E-state index in [4.69, 9.17) is 4.74 Å². The van der Waals surface area contributed by atoms with E-state index < -0.39 is 10.8 Å². The highest BCUT2D eigenvalue weighted by molar-refractivity contribution is 6.09. The van der Waals surface area contributed by atoms with Crippen molar-refractivity contribution >= 4 is 23.2 Å². The second-order valence-electron chi connectivity index (χ2n) is 6.34. The van der Waals surface area contributed by atoms with E-state index in [-0.39, 0.29) is 17.2 Å². The number of rotatable bonds is 7. The number of nitro groups is 1. The Morgan fingerprint density at radius 3 is 2.40 bits per heavy atom. The Balaban J connectivity index is 1.70. The molecule has 0 heterocycles. The van der Waals surface area contributed by atoms with Gasteiger partial charge in [0.2, 0.25) is 0 Å². The number of nitrogens with zero attached hydrogens (tertiary/aromatic N) is 1. The van der Waals surface area contributed by atoms with E-state index in [9.17, 15) is 19.7 Å². The van der Waals surface area contributed by atoms with E-state index in [1.54, 1.807) is 31.4 Å². The number of amides is 2. The molecule has 0 aliphatic heterocycles. The molecule has 0 spiro atoms. The minimum atomic E-state index is -0.538. The first-order valence-electron chi connectivity index (χ1n) is 9.04. The molecular formula is C22H19N3O5. The summed E-state index contributed by atoms with van der Waals surface area (Å²) in [5, 5.41) is 16.2. The Kier molecular flexibility index (Phi) is 6.39. The van der Waals surface area contributed by atoms with Gasteiger partial charge in [0.05, 0.1) is 23.3 Å². The van der Waals surface area contributed by atoms with Crippen LogP contribution in [-0.2, 0) is 6.54 Å². The lowest BCUT2D eigenvalue weighted by Crippen LogP contribution is -2.24. The van der Waals surface area contributed by atoms with Gasteiger partial charge >= 0.3 is 0 Å². The zero-order valence-corrected chi connectivity index (χ0v) is 16.1. The maximum Gasteiger partial charge on any atom is 0.269 e. The van der Waals surface area contributed by atoms with E-state index in [1.165, 1.54) is 24.3 Å². The molecule has 0 radical (unpaired) electrons. The van der Waals surface area contributed by atoms with Gasteiger partial charge in [-0.1, -0.05) is 24.3 Å². The molecule has 0 saturated heterocycles. The van der Waals surface area contributed by atoms with Gasteiger partial charge < -0.3 is 15.4 Å². The van der Waals surface area contributed by atoms with E-state index in [0.29, 0.717) is 23.5 Å². The molecule has 2 N–H and O–H groups in total. The van der Waals surface area contributed by atoms with Crippen LogP contribution < -0.4 is 15.4 Å². The average molecular weight is 405 g/mol. The highest BCUT2D eigenvalue weighted by Crippen LogP contribution is 2.18. The third-order valence-corrected chi connectivity index (χ3v) is 4.35. The van der Waals surface area contributed by atoms with E-state index in [0.717, 1.165) is 5.56 Å². The maximum absolute atomic E-state index is 12.7. The molecule has 8 heteroatoms. The summed E-state index contributed by atoms with van der Waals surface area (Å²) in [5.41, 5.74) is 1.64. The minimum Gasteiger partial charge on any atom is -0.497 e. The van der Waals surface area contributed by atoms with E-state index >= 15 is 0 Å². The molecule has 2 amide bonds. The standard InChI is InChI=1S/C22H19N3O5/c1-30-18-6-4-5-15(13-18)14-23-22(27)19-7-2-3-8-20(19)24-21(26)16-9-11-17(12-10-16)25(28)29/h2-13H,14H2,1H3,(H,23,27)(H,24,26). The lowest BCUT2D eigenvalue weighted by molar-refractivity contribution is -0.384. The minimum absolute atomic E-state index is 0.108. The van der Waals surface area contributed by atoms with Crippen molar-refractivity contribution in [2.24, 2.45) is 0 Å². The van der Waals surface area contributed by atoms with Gasteiger partial charge in [0.15, 0.2) is 0 Å². The SMILES string of the molecule is COc1cccc(CNC(=O)c2ccccc2NC(=O)c2ccc([N+](=O)[O-])cc2)c1. The van der Waals surface area contributed by atoms with Crippen LogP contribution in [0.25, 0.3) is 0 Å². The molecule has 0 unspecified atom stereocenters. The van der Waals surface area contributed by atoms with Crippen LogP contribution in [0, 0.1) is 10.1 Å². The molecule has 152 valence electrons. The molecule has 0 aliphatic rings. The molecule has 0 bridgehead atoms. The fraction of sp³-hybridized carbons (Fsp3) is 0.0909. The Bertz CT molecular complexity index is 1080. The molecular weight excluding hydrogens is 386 g/mol. The van der Waals surface area contributed by atoms with Crippen LogP contribution in [0.3, 0.4) is 0 Å². The zero-order valence-electron chi connectivity index (χ0n) is 16.1. The molecule has 30 heavy (non-hydrogen) atoms. The van der Waals surface area contributed by atoms with Crippen molar-refractivity contribution in [2.45, 2.75) is 6.54 Å². The van der Waals surface area contributed by atoms with Gasteiger partial charge in [-0.05, 0) is 42.0 Å². The van der Waals surface area contributed by atoms with E-state index in [1.807, 2.05) is 24.3 Å². The third-order valence-electron chi connectivity index (χ3n) is 4.35. The van der Waals surface area contributed by atoms with Crippen LogP contribution in [0.15, 0.2) is 72.8 Å². The van der Waals surface area contributed by atoms with Crippen molar-refractivity contribution in [1.29, 1.82) is 0 Å². The van der Waals surface area contributed by atoms with Crippen molar-refractivity contribution in [2.75, 3.05) is 12.4 Å². The van der Waals surface area contributed by atoms with Crippen LogP contribution >= 0.6 is 0 Å². The van der Waals surface area contributed by atoms with Crippen LogP contribution in [0.1, 0.15) is 26.3 Å². The number of methoxy groups -OCH3 is 1. The lowest BCUT2D eigenvalue weighted by atomic mass is 10.1. The largest absolute Gasteiger partial charge is 0.497 e. The highest BCUT2D eigenvalue weighted by atomic mass is 16.6. The van der Waals surface area contributed by atoms with Crippen LogP contribution in [0.4, 0.5) is 11.4 Å². The van der Waals surface area contributed by atoms with Gasteiger partial charge in [-0.2, -0.15) is 0 Å². The van der Waals surface area contributed by atoms with Crippen molar-refractivity contribution < 1.29 is 19.2 Å². The summed E-state index contributed by atoms with van der Waals surface area (Å²) in [4.78, 5) is 35.4. The summed E-state index contributed by atoms with van der Waals surface area (Å²) in [6, 6.07) is 19.2. The van der Waals surface area contributed by atoms with Gasteiger partial charge in [-0.3, -0.25) is 19.7 Å². The monoisotopic (exact) mass is 405 g/mol. The Morgan fingerprint density at radius 1 is 0.967 bits per heavy atom. The molecule has 3 aromatic rings. The summed E-state index contributed by atoms with van der Waals surface area (Å²) in [6.45, 7) is 0.292. The van der Waals surface area contributed by atoms with Crippen LogP contribution in [-0.4, -0.2) is 23.8 Å². The average Bonchev–Trinajstić information content (AvgIpc) is 2.78. The Hall–Kier alpha value is -4.20. The number of hydrogen-bond acceptors (Lipinski definition) is 5.